The number of para-hydroxylation sites is 1. The molecule has 0 saturated heterocycles. The van der Waals surface area contributed by atoms with Gasteiger partial charge in [0.15, 0.2) is 5.96 Å². The van der Waals surface area contributed by atoms with Crippen LogP contribution < -0.4 is 22.1 Å². The number of carbonyl (C=O) groups is 1. The van der Waals surface area contributed by atoms with E-state index in [0.717, 1.165) is 16.5 Å². The van der Waals surface area contributed by atoms with Gasteiger partial charge in [0.05, 0.1) is 12.1 Å². The number of urea groups is 1. The largest absolute Gasteiger partial charge is 0.370 e. The van der Waals surface area contributed by atoms with Crippen LogP contribution in [0.15, 0.2) is 41.5 Å². The van der Waals surface area contributed by atoms with Crippen LogP contribution in [-0.4, -0.2) is 30.1 Å². The molecule has 2 aromatic rings. The highest BCUT2D eigenvalue weighted by Crippen LogP contribution is 2.12. The van der Waals surface area contributed by atoms with Gasteiger partial charge in [-0.3, -0.25) is 9.98 Å². The highest BCUT2D eigenvalue weighted by atomic mass is 16.2. The standard InChI is InChI=1S/C14H18N6O/c15-13(16)17-5-6-18-14(21)20-9-10-7-11-3-1-2-4-12(11)19-8-10/h1-4,7-8H,5-6,9H2,(H4,15,16,17)(H2,18,20,21). The second-order valence-corrected chi connectivity index (χ2v) is 4.45. The molecule has 0 aliphatic carbocycles. The number of pyridine rings is 1. The fourth-order valence-corrected chi connectivity index (χ4v) is 1.81. The summed E-state index contributed by atoms with van der Waals surface area (Å²) < 4.78 is 0. The molecular formula is C14H18N6O. The smallest absolute Gasteiger partial charge is 0.315 e. The molecule has 0 atom stereocenters. The second kappa shape index (κ2) is 7.09. The monoisotopic (exact) mass is 286 g/mol. The predicted octanol–water partition coefficient (Wildman–Crippen LogP) is 0.307. The Hall–Kier alpha value is -2.83. The average Bonchev–Trinajstić information content (AvgIpc) is 2.49. The van der Waals surface area contributed by atoms with Crippen molar-refractivity contribution in [2.45, 2.75) is 6.54 Å². The van der Waals surface area contributed by atoms with Crippen molar-refractivity contribution in [3.63, 3.8) is 0 Å². The number of benzene rings is 1. The summed E-state index contributed by atoms with van der Waals surface area (Å²) >= 11 is 0. The molecule has 110 valence electrons. The molecule has 0 unspecified atom stereocenters. The first-order valence-corrected chi connectivity index (χ1v) is 6.56. The van der Waals surface area contributed by atoms with Gasteiger partial charge in [0.1, 0.15) is 0 Å². The molecule has 21 heavy (non-hydrogen) atoms. The SMILES string of the molecule is NC(N)=NCCNC(=O)NCc1cnc2ccccc2c1. The zero-order chi connectivity index (χ0) is 15.1. The number of rotatable bonds is 5. The number of hydrogen-bond donors (Lipinski definition) is 4. The van der Waals surface area contributed by atoms with Gasteiger partial charge in [0, 0.05) is 24.7 Å². The van der Waals surface area contributed by atoms with Gasteiger partial charge >= 0.3 is 6.03 Å². The number of aromatic nitrogens is 1. The summed E-state index contributed by atoms with van der Waals surface area (Å²) in [6.07, 6.45) is 1.75. The van der Waals surface area contributed by atoms with Gasteiger partial charge < -0.3 is 22.1 Å². The number of guanidine groups is 1. The van der Waals surface area contributed by atoms with Crippen molar-refractivity contribution in [3.05, 3.63) is 42.1 Å². The molecule has 0 bridgehead atoms. The van der Waals surface area contributed by atoms with E-state index < -0.39 is 0 Å². The zero-order valence-electron chi connectivity index (χ0n) is 11.5. The maximum Gasteiger partial charge on any atom is 0.315 e. The lowest BCUT2D eigenvalue weighted by atomic mass is 10.1. The first kappa shape index (κ1) is 14.6. The van der Waals surface area contributed by atoms with Gasteiger partial charge in [0.25, 0.3) is 0 Å². The molecule has 7 nitrogen and oxygen atoms in total. The van der Waals surface area contributed by atoms with Gasteiger partial charge in [-0.2, -0.15) is 0 Å². The first-order valence-electron chi connectivity index (χ1n) is 6.56. The fourth-order valence-electron chi connectivity index (χ4n) is 1.81. The van der Waals surface area contributed by atoms with Gasteiger partial charge in [-0.25, -0.2) is 4.79 Å². The van der Waals surface area contributed by atoms with E-state index in [1.54, 1.807) is 6.20 Å². The quantitative estimate of drug-likeness (QED) is 0.359. The van der Waals surface area contributed by atoms with E-state index >= 15 is 0 Å². The Morgan fingerprint density at radius 3 is 2.86 bits per heavy atom. The third-order valence-corrected chi connectivity index (χ3v) is 2.79. The fraction of sp³-hybridized carbons (Fsp3) is 0.214. The van der Waals surface area contributed by atoms with Crippen LogP contribution >= 0.6 is 0 Å². The van der Waals surface area contributed by atoms with Crippen LogP contribution in [0.5, 0.6) is 0 Å². The highest BCUT2D eigenvalue weighted by molar-refractivity contribution is 5.79. The van der Waals surface area contributed by atoms with Crippen LogP contribution in [0.2, 0.25) is 0 Å². The number of nitrogens with two attached hydrogens (primary N) is 2. The Morgan fingerprint density at radius 2 is 2.05 bits per heavy atom. The zero-order valence-corrected chi connectivity index (χ0v) is 11.5. The van der Waals surface area contributed by atoms with Crippen LogP contribution in [0.25, 0.3) is 10.9 Å². The van der Waals surface area contributed by atoms with E-state index in [2.05, 4.69) is 20.6 Å². The number of fused-ring (bicyclic) bond motifs is 1. The lowest BCUT2D eigenvalue weighted by Gasteiger charge is -2.07. The highest BCUT2D eigenvalue weighted by Gasteiger charge is 2.01. The summed E-state index contributed by atoms with van der Waals surface area (Å²) in [6.45, 7) is 1.14. The Bertz CT molecular complexity index is 651. The van der Waals surface area contributed by atoms with Gasteiger partial charge in [-0.05, 0) is 17.7 Å². The minimum absolute atomic E-state index is 0.0134. The van der Waals surface area contributed by atoms with Crippen molar-refractivity contribution in [1.29, 1.82) is 0 Å². The van der Waals surface area contributed by atoms with Crippen LogP contribution in [0.1, 0.15) is 5.56 Å². The molecule has 0 spiro atoms. The van der Waals surface area contributed by atoms with Gasteiger partial charge in [0.2, 0.25) is 0 Å². The summed E-state index contributed by atoms with van der Waals surface area (Å²) in [7, 11) is 0. The summed E-state index contributed by atoms with van der Waals surface area (Å²) in [6, 6.07) is 9.56. The summed E-state index contributed by atoms with van der Waals surface area (Å²) in [5.74, 6) is 0.0134. The molecule has 6 N–H and O–H groups in total. The molecule has 0 saturated carbocycles. The van der Waals surface area contributed by atoms with E-state index in [4.69, 9.17) is 11.5 Å². The first-order chi connectivity index (χ1) is 10.1. The molecular weight excluding hydrogens is 268 g/mol. The van der Waals surface area contributed by atoms with Crippen molar-refractivity contribution in [2.24, 2.45) is 16.5 Å². The van der Waals surface area contributed by atoms with Crippen molar-refractivity contribution >= 4 is 22.9 Å². The molecule has 1 aromatic carbocycles. The molecule has 2 rings (SSSR count). The normalized spacial score (nSPS) is 10.1. The number of nitrogens with one attached hydrogen (secondary N) is 2. The topological polar surface area (TPSA) is 118 Å². The maximum absolute atomic E-state index is 11.6. The third-order valence-electron chi connectivity index (χ3n) is 2.79. The molecule has 7 heteroatoms. The Balaban J connectivity index is 1.81. The average molecular weight is 286 g/mol. The van der Waals surface area contributed by atoms with E-state index in [-0.39, 0.29) is 12.0 Å². The lowest BCUT2D eigenvalue weighted by Crippen LogP contribution is -2.36. The number of hydrogen-bond acceptors (Lipinski definition) is 3. The summed E-state index contributed by atoms with van der Waals surface area (Å²) in [4.78, 5) is 19.7. The lowest BCUT2D eigenvalue weighted by molar-refractivity contribution is 0.241. The van der Waals surface area contributed by atoms with Crippen LogP contribution in [-0.2, 0) is 6.54 Å². The second-order valence-electron chi connectivity index (χ2n) is 4.45. The maximum atomic E-state index is 11.6. The van der Waals surface area contributed by atoms with Crippen molar-refractivity contribution in [1.82, 2.24) is 15.6 Å². The summed E-state index contributed by atoms with van der Waals surface area (Å²) in [5, 5.41) is 6.45. The number of aliphatic imine (C=N–C) groups is 1. The minimum Gasteiger partial charge on any atom is -0.370 e. The third kappa shape index (κ3) is 4.64. The number of amides is 2. The Labute approximate surface area is 122 Å². The summed E-state index contributed by atoms with van der Waals surface area (Å²) in [5.41, 5.74) is 12.2. The molecule has 2 amide bonds. The van der Waals surface area contributed by atoms with Crippen LogP contribution in [0.3, 0.4) is 0 Å². The molecule has 1 heterocycles. The van der Waals surface area contributed by atoms with E-state index in [1.807, 2.05) is 30.3 Å². The Morgan fingerprint density at radius 1 is 1.24 bits per heavy atom. The van der Waals surface area contributed by atoms with Crippen molar-refractivity contribution < 1.29 is 4.79 Å². The van der Waals surface area contributed by atoms with Crippen molar-refractivity contribution in [3.8, 4) is 0 Å². The molecule has 1 aromatic heterocycles. The van der Waals surface area contributed by atoms with Crippen LogP contribution in [0, 0.1) is 0 Å². The minimum atomic E-state index is -0.269. The predicted molar refractivity (Wildman–Crippen MR) is 82.7 cm³/mol. The molecule has 0 aliphatic heterocycles. The van der Waals surface area contributed by atoms with Gasteiger partial charge in [-0.15, -0.1) is 0 Å². The van der Waals surface area contributed by atoms with Crippen molar-refractivity contribution in [2.75, 3.05) is 13.1 Å². The molecule has 0 aliphatic rings. The number of nitrogens with zero attached hydrogens (tertiary/aromatic N) is 2. The van der Waals surface area contributed by atoms with Crippen LogP contribution in [0.4, 0.5) is 4.79 Å². The molecule has 0 fully saturated rings. The van der Waals surface area contributed by atoms with Gasteiger partial charge in [-0.1, -0.05) is 18.2 Å². The van der Waals surface area contributed by atoms with E-state index in [1.165, 1.54) is 0 Å². The molecule has 0 radical (unpaired) electrons. The van der Waals surface area contributed by atoms with E-state index in [0.29, 0.717) is 19.6 Å². The number of carbonyl (C=O) groups excluding carboxylic acids is 1. The van der Waals surface area contributed by atoms with E-state index in [9.17, 15) is 4.79 Å². The Kier molecular flexibility index (Phi) is 4.92.